The first-order valence-corrected chi connectivity index (χ1v) is 6.30. The first kappa shape index (κ1) is 11.3. The maximum Gasteiger partial charge on any atom is 0.207 e. The Balaban J connectivity index is 2.33. The number of anilines is 1. The van der Waals surface area contributed by atoms with Crippen LogP contribution in [0.4, 0.5) is 5.95 Å². The van der Waals surface area contributed by atoms with E-state index < -0.39 is 0 Å². The second-order valence-corrected chi connectivity index (χ2v) is 5.12. The molecule has 0 fully saturated rings. The monoisotopic (exact) mass is 305 g/mol. The van der Waals surface area contributed by atoms with Crippen LogP contribution < -0.4 is 5.73 Å². The largest absolute Gasteiger partial charge is 0.369 e. The summed E-state index contributed by atoms with van der Waals surface area (Å²) >= 11 is 3.46. The Morgan fingerprint density at radius 1 is 1.28 bits per heavy atom. The number of nitrogen functional groups attached to an aromatic ring is 1. The standard InChI is InChI=1S/C12H12BrN5/c1-7-5-11(16-17(7)2)18-10-6-8(13)3-4-9(10)15-12(18)14/h3-6H,1-2H3,(H2,14,15). The van der Waals surface area contributed by atoms with Crippen LogP contribution in [0.3, 0.4) is 0 Å². The molecule has 0 radical (unpaired) electrons. The topological polar surface area (TPSA) is 61.7 Å². The molecule has 0 unspecified atom stereocenters. The zero-order valence-electron chi connectivity index (χ0n) is 10.1. The molecule has 92 valence electrons. The number of benzene rings is 1. The lowest BCUT2D eigenvalue weighted by Gasteiger charge is -2.01. The summed E-state index contributed by atoms with van der Waals surface area (Å²) in [6.45, 7) is 2.00. The Labute approximate surface area is 112 Å². The van der Waals surface area contributed by atoms with E-state index >= 15 is 0 Å². The highest BCUT2D eigenvalue weighted by molar-refractivity contribution is 9.10. The molecule has 2 aromatic heterocycles. The fourth-order valence-corrected chi connectivity index (χ4v) is 2.31. The van der Waals surface area contributed by atoms with E-state index in [1.807, 2.05) is 47.5 Å². The number of imidazole rings is 1. The number of nitrogens with zero attached hydrogens (tertiary/aromatic N) is 4. The number of hydrogen-bond acceptors (Lipinski definition) is 3. The molecule has 5 nitrogen and oxygen atoms in total. The van der Waals surface area contributed by atoms with Crippen molar-refractivity contribution in [2.45, 2.75) is 6.92 Å². The summed E-state index contributed by atoms with van der Waals surface area (Å²) in [6.07, 6.45) is 0. The zero-order valence-corrected chi connectivity index (χ0v) is 11.6. The van der Waals surface area contributed by atoms with E-state index in [4.69, 9.17) is 5.73 Å². The van der Waals surface area contributed by atoms with Crippen LogP contribution in [0.15, 0.2) is 28.7 Å². The maximum atomic E-state index is 5.98. The maximum absolute atomic E-state index is 5.98. The van der Waals surface area contributed by atoms with Crippen molar-refractivity contribution in [2.75, 3.05) is 5.73 Å². The van der Waals surface area contributed by atoms with Crippen molar-refractivity contribution in [3.8, 4) is 5.82 Å². The predicted molar refractivity (Wildman–Crippen MR) is 74.7 cm³/mol. The number of nitrogens with two attached hydrogens (primary N) is 1. The van der Waals surface area contributed by atoms with Crippen LogP contribution in [0.2, 0.25) is 0 Å². The van der Waals surface area contributed by atoms with Gasteiger partial charge < -0.3 is 5.73 Å². The Kier molecular flexibility index (Phi) is 2.41. The first-order chi connectivity index (χ1) is 8.56. The second kappa shape index (κ2) is 3.84. The van der Waals surface area contributed by atoms with Crippen molar-refractivity contribution >= 4 is 32.9 Å². The molecule has 3 aromatic rings. The molecule has 0 aliphatic carbocycles. The normalized spacial score (nSPS) is 11.3. The van der Waals surface area contributed by atoms with Crippen molar-refractivity contribution in [3.05, 3.63) is 34.4 Å². The summed E-state index contributed by atoms with van der Waals surface area (Å²) in [7, 11) is 1.91. The minimum Gasteiger partial charge on any atom is -0.369 e. The minimum absolute atomic E-state index is 0.446. The SMILES string of the molecule is Cc1cc(-n2c(N)nc3ccc(Br)cc32)nn1C. The van der Waals surface area contributed by atoms with Gasteiger partial charge >= 0.3 is 0 Å². The first-order valence-electron chi connectivity index (χ1n) is 5.51. The fraction of sp³-hybridized carbons (Fsp3) is 0.167. The van der Waals surface area contributed by atoms with Gasteiger partial charge in [-0.05, 0) is 25.1 Å². The van der Waals surface area contributed by atoms with Gasteiger partial charge in [0.2, 0.25) is 5.95 Å². The third-order valence-electron chi connectivity index (χ3n) is 2.97. The lowest BCUT2D eigenvalue weighted by atomic mass is 10.3. The smallest absolute Gasteiger partial charge is 0.207 e. The Morgan fingerprint density at radius 2 is 2.06 bits per heavy atom. The lowest BCUT2D eigenvalue weighted by molar-refractivity contribution is 0.730. The zero-order chi connectivity index (χ0) is 12.9. The lowest BCUT2D eigenvalue weighted by Crippen LogP contribution is -2.02. The molecule has 6 heteroatoms. The average molecular weight is 306 g/mol. The molecule has 0 aliphatic heterocycles. The highest BCUT2D eigenvalue weighted by Gasteiger charge is 2.13. The van der Waals surface area contributed by atoms with E-state index in [1.54, 1.807) is 0 Å². The summed E-state index contributed by atoms with van der Waals surface area (Å²) in [4.78, 5) is 4.34. The molecule has 2 N–H and O–H groups in total. The molecular weight excluding hydrogens is 294 g/mol. The van der Waals surface area contributed by atoms with Crippen molar-refractivity contribution in [3.63, 3.8) is 0 Å². The van der Waals surface area contributed by atoms with Crippen LogP contribution in [0.1, 0.15) is 5.69 Å². The third kappa shape index (κ3) is 1.60. The Hall–Kier alpha value is -1.82. The van der Waals surface area contributed by atoms with E-state index in [9.17, 15) is 0 Å². The van der Waals surface area contributed by atoms with Gasteiger partial charge in [0, 0.05) is 23.3 Å². The molecule has 0 atom stereocenters. The van der Waals surface area contributed by atoms with Crippen molar-refractivity contribution in [1.29, 1.82) is 0 Å². The van der Waals surface area contributed by atoms with Gasteiger partial charge in [-0.25, -0.2) is 4.98 Å². The van der Waals surface area contributed by atoms with Crippen LogP contribution in [0, 0.1) is 6.92 Å². The molecule has 0 spiro atoms. The van der Waals surface area contributed by atoms with Crippen LogP contribution in [-0.4, -0.2) is 19.3 Å². The molecule has 0 aliphatic rings. The summed E-state index contributed by atoms with van der Waals surface area (Å²) in [6, 6.07) is 7.85. The predicted octanol–water partition coefficient (Wildman–Crippen LogP) is 2.41. The van der Waals surface area contributed by atoms with Crippen LogP contribution >= 0.6 is 15.9 Å². The Morgan fingerprint density at radius 3 is 2.72 bits per heavy atom. The molecular formula is C12H12BrN5. The van der Waals surface area contributed by atoms with Gasteiger partial charge in [0.05, 0.1) is 11.0 Å². The minimum atomic E-state index is 0.446. The van der Waals surface area contributed by atoms with Gasteiger partial charge in [-0.3, -0.25) is 9.25 Å². The summed E-state index contributed by atoms with van der Waals surface area (Å²) < 4.78 is 4.66. The summed E-state index contributed by atoms with van der Waals surface area (Å²) in [5.41, 5.74) is 8.86. The number of aromatic nitrogens is 4. The van der Waals surface area contributed by atoms with Crippen LogP contribution in [0.25, 0.3) is 16.9 Å². The van der Waals surface area contributed by atoms with E-state index in [2.05, 4.69) is 26.0 Å². The Bertz CT molecular complexity index is 721. The third-order valence-corrected chi connectivity index (χ3v) is 3.47. The average Bonchev–Trinajstić information content (AvgIpc) is 2.79. The van der Waals surface area contributed by atoms with E-state index in [0.717, 1.165) is 27.0 Å². The van der Waals surface area contributed by atoms with Crippen LogP contribution in [-0.2, 0) is 7.05 Å². The highest BCUT2D eigenvalue weighted by Crippen LogP contribution is 2.25. The second-order valence-electron chi connectivity index (χ2n) is 4.21. The molecule has 0 saturated carbocycles. The highest BCUT2D eigenvalue weighted by atomic mass is 79.9. The number of rotatable bonds is 1. The fourth-order valence-electron chi connectivity index (χ4n) is 1.96. The van der Waals surface area contributed by atoms with E-state index in [-0.39, 0.29) is 0 Å². The number of hydrogen-bond donors (Lipinski definition) is 1. The van der Waals surface area contributed by atoms with E-state index in [1.165, 1.54) is 0 Å². The van der Waals surface area contributed by atoms with Gasteiger partial charge in [0.1, 0.15) is 0 Å². The van der Waals surface area contributed by atoms with Gasteiger partial charge in [-0.15, -0.1) is 0 Å². The molecule has 2 heterocycles. The number of aryl methyl sites for hydroxylation is 2. The van der Waals surface area contributed by atoms with Gasteiger partial charge in [-0.2, -0.15) is 5.10 Å². The quantitative estimate of drug-likeness (QED) is 0.751. The summed E-state index contributed by atoms with van der Waals surface area (Å²) in [5, 5.41) is 4.44. The van der Waals surface area contributed by atoms with Crippen molar-refractivity contribution < 1.29 is 0 Å². The van der Waals surface area contributed by atoms with Gasteiger partial charge in [0.25, 0.3) is 0 Å². The molecule has 3 rings (SSSR count). The van der Waals surface area contributed by atoms with E-state index in [0.29, 0.717) is 5.95 Å². The number of halogens is 1. The molecule has 0 amide bonds. The molecule has 18 heavy (non-hydrogen) atoms. The summed E-state index contributed by atoms with van der Waals surface area (Å²) in [5.74, 6) is 1.23. The number of fused-ring (bicyclic) bond motifs is 1. The van der Waals surface area contributed by atoms with Crippen molar-refractivity contribution in [2.24, 2.45) is 7.05 Å². The van der Waals surface area contributed by atoms with Gasteiger partial charge in [0.15, 0.2) is 5.82 Å². The molecule has 0 bridgehead atoms. The van der Waals surface area contributed by atoms with Crippen LogP contribution in [0.5, 0.6) is 0 Å². The van der Waals surface area contributed by atoms with Crippen molar-refractivity contribution in [1.82, 2.24) is 19.3 Å². The molecule has 1 aromatic carbocycles. The molecule has 0 saturated heterocycles. The van der Waals surface area contributed by atoms with Gasteiger partial charge in [-0.1, -0.05) is 15.9 Å².